The number of carbonyl (C=O) groups excluding carboxylic acids is 2. The van der Waals surface area contributed by atoms with E-state index in [0.29, 0.717) is 16.5 Å². The van der Waals surface area contributed by atoms with E-state index in [1.165, 1.54) is 7.11 Å². The highest BCUT2D eigenvalue weighted by Gasteiger charge is 2.29. The van der Waals surface area contributed by atoms with Crippen LogP contribution >= 0.6 is 11.6 Å². The van der Waals surface area contributed by atoms with Crippen molar-refractivity contribution in [2.24, 2.45) is 0 Å². The van der Waals surface area contributed by atoms with Gasteiger partial charge in [0.25, 0.3) is 0 Å². The highest BCUT2D eigenvalue weighted by Crippen LogP contribution is 2.43. The van der Waals surface area contributed by atoms with E-state index in [2.05, 4.69) is 5.32 Å². The Morgan fingerprint density at radius 1 is 1.30 bits per heavy atom. The van der Waals surface area contributed by atoms with E-state index >= 15 is 0 Å². The molecule has 6 heteroatoms. The van der Waals surface area contributed by atoms with Gasteiger partial charge in [-0.2, -0.15) is 0 Å². The van der Waals surface area contributed by atoms with E-state index in [1.54, 1.807) is 26.8 Å². The van der Waals surface area contributed by atoms with Gasteiger partial charge in [-0.15, -0.1) is 0 Å². The molecule has 0 aliphatic heterocycles. The molecule has 0 bridgehead atoms. The molecule has 1 aromatic rings. The minimum atomic E-state index is -0.554. The number of nitrogens with one attached hydrogen (secondary N) is 1. The fraction of sp³-hybridized carbons (Fsp3) is 0.529. The van der Waals surface area contributed by atoms with Gasteiger partial charge in [-0.05, 0) is 62.8 Å². The molecule has 126 valence electrons. The number of benzene rings is 1. The molecule has 5 nitrogen and oxygen atoms in total. The lowest BCUT2D eigenvalue weighted by atomic mass is 9.99. The second-order valence-corrected chi connectivity index (χ2v) is 7.05. The number of halogens is 1. The molecular weight excluding hydrogens is 318 g/mol. The van der Waals surface area contributed by atoms with Gasteiger partial charge in [0.1, 0.15) is 5.60 Å². The maximum atomic E-state index is 11.8. The van der Waals surface area contributed by atoms with Crippen LogP contribution in [0.15, 0.2) is 12.1 Å². The quantitative estimate of drug-likeness (QED) is 0.841. The number of amides is 1. The van der Waals surface area contributed by atoms with Gasteiger partial charge in [-0.3, -0.25) is 0 Å². The number of hydrogen-bond donors (Lipinski definition) is 1. The molecule has 0 radical (unpaired) electrons. The largest absolute Gasteiger partial charge is 0.465 e. The Hall–Kier alpha value is -1.75. The van der Waals surface area contributed by atoms with Gasteiger partial charge in [0.05, 0.1) is 12.7 Å². The molecule has 1 aliphatic carbocycles. The predicted molar refractivity (Wildman–Crippen MR) is 87.8 cm³/mol. The van der Waals surface area contributed by atoms with Crippen LogP contribution in [0.1, 0.15) is 61.0 Å². The van der Waals surface area contributed by atoms with Crippen molar-refractivity contribution in [3.63, 3.8) is 0 Å². The summed E-state index contributed by atoms with van der Waals surface area (Å²) >= 11 is 6.32. The average Bonchev–Trinajstić information content (AvgIpc) is 3.27. The predicted octanol–water partition coefficient (Wildman–Crippen LogP) is 4.03. The van der Waals surface area contributed by atoms with Gasteiger partial charge >= 0.3 is 12.1 Å². The Morgan fingerprint density at radius 2 is 1.96 bits per heavy atom. The lowest BCUT2D eigenvalue weighted by molar-refractivity contribution is 0.0522. The third-order valence-corrected chi connectivity index (χ3v) is 3.81. The summed E-state index contributed by atoms with van der Waals surface area (Å²) in [5.41, 5.74) is 1.70. The minimum Gasteiger partial charge on any atom is -0.465 e. The lowest BCUT2D eigenvalue weighted by Gasteiger charge is -2.20. The number of carbonyl (C=O) groups is 2. The third kappa shape index (κ3) is 4.86. The molecule has 1 N–H and O–H groups in total. The third-order valence-electron chi connectivity index (χ3n) is 3.48. The summed E-state index contributed by atoms with van der Waals surface area (Å²) in [7, 11) is 1.34. The molecule has 0 spiro atoms. The Balaban J connectivity index is 2.18. The molecule has 1 aromatic carbocycles. The van der Waals surface area contributed by atoms with Gasteiger partial charge < -0.3 is 14.8 Å². The van der Waals surface area contributed by atoms with Crippen LogP contribution in [0.5, 0.6) is 0 Å². The summed E-state index contributed by atoms with van der Waals surface area (Å²) in [6, 6.07) is 3.38. The minimum absolute atomic E-state index is 0.265. The van der Waals surface area contributed by atoms with Gasteiger partial charge in [0.2, 0.25) is 0 Å². The first-order chi connectivity index (χ1) is 10.7. The van der Waals surface area contributed by atoms with E-state index in [1.807, 2.05) is 6.07 Å². The number of ether oxygens (including phenoxy) is 2. The number of methoxy groups -OCH3 is 1. The molecule has 1 saturated carbocycles. The second kappa shape index (κ2) is 6.79. The smallest absolute Gasteiger partial charge is 0.407 e. The van der Waals surface area contributed by atoms with Crippen molar-refractivity contribution in [1.82, 2.24) is 5.32 Å². The molecule has 0 heterocycles. The SMILES string of the molecule is COC(=O)c1cc(Cl)c(CNC(=O)OC(C)(C)C)c(C2CC2)c1. The normalized spacial score (nSPS) is 14.3. The van der Waals surface area contributed by atoms with Crippen LogP contribution in [0.3, 0.4) is 0 Å². The fourth-order valence-corrected chi connectivity index (χ4v) is 2.61. The van der Waals surface area contributed by atoms with Crippen LogP contribution < -0.4 is 5.32 Å². The summed E-state index contributed by atoms with van der Waals surface area (Å²) in [6.07, 6.45) is 1.62. The van der Waals surface area contributed by atoms with Gasteiger partial charge in [0, 0.05) is 11.6 Å². The molecule has 23 heavy (non-hydrogen) atoms. The Bertz CT molecular complexity index is 618. The molecule has 0 atom stereocenters. The summed E-state index contributed by atoms with van der Waals surface area (Å²) in [4.78, 5) is 23.5. The molecule has 1 aliphatic rings. The molecule has 1 fully saturated rings. The topological polar surface area (TPSA) is 64.6 Å². The Kier molecular flexibility index (Phi) is 5.19. The van der Waals surface area contributed by atoms with Crippen molar-refractivity contribution >= 4 is 23.7 Å². The van der Waals surface area contributed by atoms with E-state index in [9.17, 15) is 9.59 Å². The standard InChI is InChI=1S/C17H22ClNO4/c1-17(2,3)23-16(21)19-9-13-12(10-5-6-10)7-11(8-14(13)18)15(20)22-4/h7-8,10H,5-6,9H2,1-4H3,(H,19,21). The van der Waals surface area contributed by atoms with Crippen LogP contribution in [-0.4, -0.2) is 24.8 Å². The fourth-order valence-electron chi connectivity index (χ4n) is 2.31. The molecule has 0 saturated heterocycles. The average molecular weight is 340 g/mol. The van der Waals surface area contributed by atoms with Crippen molar-refractivity contribution in [1.29, 1.82) is 0 Å². The summed E-state index contributed by atoms with van der Waals surface area (Å²) < 4.78 is 9.98. The number of rotatable bonds is 4. The monoisotopic (exact) mass is 339 g/mol. The van der Waals surface area contributed by atoms with Crippen LogP contribution in [0, 0.1) is 0 Å². The summed E-state index contributed by atoms with van der Waals surface area (Å²) in [5.74, 6) is -0.0343. The van der Waals surface area contributed by atoms with Gasteiger partial charge in [-0.25, -0.2) is 9.59 Å². The van der Waals surface area contributed by atoms with Crippen LogP contribution in [0.4, 0.5) is 4.79 Å². The maximum absolute atomic E-state index is 11.8. The molecule has 2 rings (SSSR count). The number of hydrogen-bond acceptors (Lipinski definition) is 4. The van der Waals surface area contributed by atoms with Crippen LogP contribution in [0.25, 0.3) is 0 Å². The lowest BCUT2D eigenvalue weighted by Crippen LogP contribution is -2.32. The molecular formula is C17H22ClNO4. The van der Waals surface area contributed by atoms with E-state index in [-0.39, 0.29) is 6.54 Å². The Morgan fingerprint density at radius 3 is 2.48 bits per heavy atom. The highest BCUT2D eigenvalue weighted by molar-refractivity contribution is 6.31. The summed E-state index contributed by atoms with van der Waals surface area (Å²) in [5, 5.41) is 3.17. The van der Waals surface area contributed by atoms with Crippen LogP contribution in [0.2, 0.25) is 5.02 Å². The number of alkyl carbamates (subject to hydrolysis) is 1. The van der Waals surface area contributed by atoms with E-state index in [0.717, 1.165) is 24.0 Å². The van der Waals surface area contributed by atoms with Gasteiger partial charge in [-0.1, -0.05) is 11.6 Å². The van der Waals surface area contributed by atoms with E-state index < -0.39 is 17.7 Å². The first-order valence-electron chi connectivity index (χ1n) is 7.58. The Labute approximate surface area is 141 Å². The van der Waals surface area contributed by atoms with Crippen molar-refractivity contribution < 1.29 is 19.1 Å². The maximum Gasteiger partial charge on any atom is 0.407 e. The van der Waals surface area contributed by atoms with Crippen LogP contribution in [-0.2, 0) is 16.0 Å². The highest BCUT2D eigenvalue weighted by atomic mass is 35.5. The zero-order valence-electron chi connectivity index (χ0n) is 13.9. The zero-order valence-corrected chi connectivity index (χ0v) is 14.6. The zero-order chi connectivity index (χ0) is 17.2. The first-order valence-corrected chi connectivity index (χ1v) is 7.96. The van der Waals surface area contributed by atoms with Crippen molar-refractivity contribution in [3.8, 4) is 0 Å². The molecule has 1 amide bonds. The van der Waals surface area contributed by atoms with Crippen molar-refractivity contribution in [2.45, 2.75) is 51.7 Å². The second-order valence-electron chi connectivity index (χ2n) is 6.65. The van der Waals surface area contributed by atoms with E-state index in [4.69, 9.17) is 21.1 Å². The summed E-state index contributed by atoms with van der Waals surface area (Å²) in [6.45, 7) is 5.68. The first kappa shape index (κ1) is 17.6. The molecule has 0 unspecified atom stereocenters. The van der Waals surface area contributed by atoms with Crippen molar-refractivity contribution in [2.75, 3.05) is 7.11 Å². The van der Waals surface area contributed by atoms with Crippen molar-refractivity contribution in [3.05, 3.63) is 33.8 Å². The van der Waals surface area contributed by atoms with Gasteiger partial charge in [0.15, 0.2) is 0 Å². The molecule has 0 aromatic heterocycles. The number of esters is 1.